The number of carbonyl (C=O) groups excluding carboxylic acids is 1. The molecule has 1 aromatic heterocycles. The molecule has 2 N–H and O–H groups in total. The zero-order valence-electron chi connectivity index (χ0n) is 10.2. The molecule has 98 valence electrons. The van der Waals surface area contributed by atoms with Crippen molar-refractivity contribution in [1.29, 1.82) is 0 Å². The molecule has 1 amide bonds. The van der Waals surface area contributed by atoms with Crippen LogP contribution in [-0.2, 0) is 17.8 Å². The van der Waals surface area contributed by atoms with Crippen LogP contribution in [-0.4, -0.2) is 32.1 Å². The molecular formula is C13H14N4O2. The first-order valence-electron chi connectivity index (χ1n) is 6.13. The lowest BCUT2D eigenvalue weighted by molar-refractivity contribution is -0.123. The van der Waals surface area contributed by atoms with Crippen LogP contribution in [0.5, 0.6) is 0 Å². The van der Waals surface area contributed by atoms with E-state index >= 15 is 0 Å². The maximum Gasteiger partial charge on any atom is 0.242 e. The highest BCUT2D eigenvalue weighted by atomic mass is 16.3. The van der Waals surface area contributed by atoms with Gasteiger partial charge >= 0.3 is 0 Å². The van der Waals surface area contributed by atoms with Gasteiger partial charge in [-0.05, 0) is 11.1 Å². The van der Waals surface area contributed by atoms with Gasteiger partial charge in [0.25, 0.3) is 0 Å². The fourth-order valence-electron chi connectivity index (χ4n) is 2.43. The topological polar surface area (TPSA) is 80.0 Å². The lowest BCUT2D eigenvalue weighted by Crippen LogP contribution is -2.36. The lowest BCUT2D eigenvalue weighted by Gasteiger charge is -2.17. The molecule has 0 aliphatic heterocycles. The molecule has 2 atom stereocenters. The third kappa shape index (κ3) is 2.34. The van der Waals surface area contributed by atoms with Crippen molar-refractivity contribution >= 4 is 5.91 Å². The number of hydrogen-bond donors (Lipinski definition) is 2. The van der Waals surface area contributed by atoms with Gasteiger partial charge in [0.05, 0.1) is 18.3 Å². The van der Waals surface area contributed by atoms with Gasteiger partial charge in [-0.15, -0.1) is 5.10 Å². The van der Waals surface area contributed by atoms with E-state index in [1.165, 1.54) is 10.9 Å². The molecule has 0 radical (unpaired) electrons. The van der Waals surface area contributed by atoms with Gasteiger partial charge in [0, 0.05) is 12.6 Å². The molecule has 0 spiro atoms. The van der Waals surface area contributed by atoms with Crippen LogP contribution in [0.2, 0.25) is 0 Å². The number of rotatable bonds is 3. The number of amides is 1. The molecule has 0 saturated carbocycles. The van der Waals surface area contributed by atoms with Crippen LogP contribution >= 0.6 is 0 Å². The summed E-state index contributed by atoms with van der Waals surface area (Å²) in [5.41, 5.74) is 2.07. The number of aliphatic hydroxyl groups excluding tert-OH is 1. The van der Waals surface area contributed by atoms with Crippen LogP contribution in [0.1, 0.15) is 17.2 Å². The van der Waals surface area contributed by atoms with Crippen molar-refractivity contribution in [2.75, 3.05) is 0 Å². The highest BCUT2D eigenvalue weighted by Crippen LogP contribution is 2.31. The molecule has 1 aliphatic rings. The van der Waals surface area contributed by atoms with Gasteiger partial charge in [-0.2, -0.15) is 0 Å². The first-order chi connectivity index (χ1) is 9.24. The Morgan fingerprint density at radius 1 is 1.47 bits per heavy atom. The highest BCUT2D eigenvalue weighted by Gasteiger charge is 2.31. The second-order valence-corrected chi connectivity index (χ2v) is 4.62. The first-order valence-corrected chi connectivity index (χ1v) is 6.13. The number of carbonyl (C=O) groups is 1. The molecule has 1 heterocycles. The monoisotopic (exact) mass is 258 g/mol. The molecule has 2 unspecified atom stereocenters. The Hall–Kier alpha value is -2.21. The van der Waals surface area contributed by atoms with E-state index in [-0.39, 0.29) is 18.5 Å². The van der Waals surface area contributed by atoms with Crippen molar-refractivity contribution < 1.29 is 9.90 Å². The molecule has 2 aromatic rings. The summed E-state index contributed by atoms with van der Waals surface area (Å²) >= 11 is 0. The van der Waals surface area contributed by atoms with E-state index in [1.807, 2.05) is 24.3 Å². The Morgan fingerprint density at radius 2 is 2.32 bits per heavy atom. The Kier molecular flexibility index (Phi) is 3.00. The van der Waals surface area contributed by atoms with E-state index in [4.69, 9.17) is 0 Å². The lowest BCUT2D eigenvalue weighted by atomic mass is 10.1. The third-order valence-electron chi connectivity index (χ3n) is 3.30. The van der Waals surface area contributed by atoms with E-state index in [0.29, 0.717) is 6.42 Å². The molecule has 6 nitrogen and oxygen atoms in total. The third-order valence-corrected chi connectivity index (χ3v) is 3.30. The minimum atomic E-state index is -0.572. The summed E-state index contributed by atoms with van der Waals surface area (Å²) in [4.78, 5) is 11.9. The van der Waals surface area contributed by atoms with Gasteiger partial charge in [-0.3, -0.25) is 4.79 Å². The number of fused-ring (bicyclic) bond motifs is 1. The average molecular weight is 258 g/mol. The van der Waals surface area contributed by atoms with Crippen molar-refractivity contribution in [3.63, 3.8) is 0 Å². The normalized spacial score (nSPS) is 21.1. The number of nitrogens with one attached hydrogen (secondary N) is 1. The molecule has 6 heteroatoms. The maximum absolute atomic E-state index is 11.9. The Bertz CT molecular complexity index is 582. The molecule has 1 aliphatic carbocycles. The summed E-state index contributed by atoms with van der Waals surface area (Å²) in [5.74, 6) is -0.189. The van der Waals surface area contributed by atoms with Gasteiger partial charge in [-0.1, -0.05) is 29.5 Å². The fraction of sp³-hybridized carbons (Fsp3) is 0.308. The van der Waals surface area contributed by atoms with Crippen molar-refractivity contribution in [1.82, 2.24) is 20.3 Å². The van der Waals surface area contributed by atoms with Crippen LogP contribution in [0, 0.1) is 0 Å². The molecule has 19 heavy (non-hydrogen) atoms. The first kappa shape index (κ1) is 11.9. The zero-order valence-corrected chi connectivity index (χ0v) is 10.2. The van der Waals surface area contributed by atoms with Crippen LogP contribution in [0.3, 0.4) is 0 Å². The predicted octanol–water partition coefficient (Wildman–Crippen LogP) is 0.0526. The van der Waals surface area contributed by atoms with Gasteiger partial charge < -0.3 is 10.4 Å². The SMILES string of the molecule is O=C(Cn1ccnn1)NC1c2ccccc2CC1O. The molecule has 0 saturated heterocycles. The summed E-state index contributed by atoms with van der Waals surface area (Å²) < 4.78 is 1.45. The van der Waals surface area contributed by atoms with Crippen LogP contribution in [0.15, 0.2) is 36.7 Å². The number of hydrogen-bond acceptors (Lipinski definition) is 4. The molecule has 1 aromatic carbocycles. The van der Waals surface area contributed by atoms with Gasteiger partial charge in [-0.25, -0.2) is 4.68 Å². The highest BCUT2D eigenvalue weighted by molar-refractivity contribution is 5.76. The molecule has 0 bridgehead atoms. The Balaban J connectivity index is 1.71. The zero-order chi connectivity index (χ0) is 13.2. The summed E-state index contributed by atoms with van der Waals surface area (Å²) in [7, 11) is 0. The fourth-order valence-corrected chi connectivity index (χ4v) is 2.43. The number of benzene rings is 1. The molecule has 0 fully saturated rings. The van der Waals surface area contributed by atoms with Crippen LogP contribution in [0.25, 0.3) is 0 Å². The average Bonchev–Trinajstić information content (AvgIpc) is 2.99. The van der Waals surface area contributed by atoms with E-state index in [0.717, 1.165) is 11.1 Å². The van der Waals surface area contributed by atoms with Crippen molar-refractivity contribution in [2.24, 2.45) is 0 Å². The van der Waals surface area contributed by atoms with E-state index in [9.17, 15) is 9.90 Å². The molecular weight excluding hydrogens is 244 g/mol. The summed E-state index contributed by atoms with van der Waals surface area (Å²) in [6.07, 6.45) is 3.15. The van der Waals surface area contributed by atoms with Crippen molar-refractivity contribution in [3.05, 3.63) is 47.8 Å². The largest absolute Gasteiger partial charge is 0.390 e. The van der Waals surface area contributed by atoms with Gasteiger partial charge in [0.2, 0.25) is 5.91 Å². The summed E-state index contributed by atoms with van der Waals surface area (Å²) in [6, 6.07) is 7.42. The second kappa shape index (κ2) is 4.81. The Labute approximate surface area is 110 Å². The van der Waals surface area contributed by atoms with E-state index < -0.39 is 6.10 Å². The van der Waals surface area contributed by atoms with E-state index in [1.54, 1.807) is 6.20 Å². The van der Waals surface area contributed by atoms with Gasteiger partial charge in [0.15, 0.2) is 0 Å². The summed E-state index contributed by atoms with van der Waals surface area (Å²) in [6.45, 7) is 0.103. The number of aliphatic hydroxyl groups is 1. The van der Waals surface area contributed by atoms with Crippen LogP contribution in [0.4, 0.5) is 0 Å². The second-order valence-electron chi connectivity index (χ2n) is 4.62. The number of nitrogens with zero attached hydrogens (tertiary/aromatic N) is 3. The van der Waals surface area contributed by atoms with Crippen molar-refractivity contribution in [2.45, 2.75) is 25.1 Å². The predicted molar refractivity (Wildman–Crippen MR) is 67.1 cm³/mol. The molecule has 3 rings (SSSR count). The maximum atomic E-state index is 11.9. The quantitative estimate of drug-likeness (QED) is 0.815. The minimum Gasteiger partial charge on any atom is -0.390 e. The van der Waals surface area contributed by atoms with Crippen LogP contribution < -0.4 is 5.32 Å². The van der Waals surface area contributed by atoms with Gasteiger partial charge in [0.1, 0.15) is 6.54 Å². The van der Waals surface area contributed by atoms with Crippen molar-refractivity contribution in [3.8, 4) is 0 Å². The minimum absolute atomic E-state index is 0.103. The Morgan fingerprint density at radius 3 is 3.11 bits per heavy atom. The smallest absolute Gasteiger partial charge is 0.242 e. The summed E-state index contributed by atoms with van der Waals surface area (Å²) in [5, 5.41) is 20.3. The number of aromatic nitrogens is 3. The standard InChI is InChI=1S/C13H14N4O2/c18-11-7-9-3-1-2-4-10(9)13(11)15-12(19)8-17-6-5-14-16-17/h1-6,11,13,18H,7-8H2,(H,15,19). The van der Waals surface area contributed by atoms with E-state index in [2.05, 4.69) is 15.6 Å².